The Balaban J connectivity index is 1.36. The van der Waals surface area contributed by atoms with Crippen molar-refractivity contribution in [1.82, 2.24) is 24.8 Å². The van der Waals surface area contributed by atoms with Crippen molar-refractivity contribution in [3.05, 3.63) is 84.1 Å². The summed E-state index contributed by atoms with van der Waals surface area (Å²) in [6.45, 7) is 1.34. The molecule has 1 N–H and O–H groups in total. The first kappa shape index (κ1) is 24.5. The van der Waals surface area contributed by atoms with E-state index < -0.39 is 5.97 Å². The molecule has 0 atom stereocenters. The fourth-order valence-electron chi connectivity index (χ4n) is 4.88. The number of aromatic nitrogens is 4. The Morgan fingerprint density at radius 3 is 2.49 bits per heavy atom. The number of carbonyl (C=O) groups is 2. The van der Waals surface area contributed by atoms with Crippen LogP contribution < -0.4 is 0 Å². The lowest BCUT2D eigenvalue weighted by Gasteiger charge is -2.31. The highest BCUT2D eigenvalue weighted by Crippen LogP contribution is 2.28. The van der Waals surface area contributed by atoms with Crippen LogP contribution in [0.15, 0.2) is 67.1 Å². The Hall–Kier alpha value is -4.20. The number of likely N-dealkylation sites (tertiary alicyclic amines) is 1. The second-order valence-corrected chi connectivity index (χ2v) is 9.39. The van der Waals surface area contributed by atoms with Crippen LogP contribution >= 0.6 is 0 Å². The van der Waals surface area contributed by atoms with E-state index in [0.717, 1.165) is 41.0 Å². The van der Waals surface area contributed by atoms with Gasteiger partial charge in [-0.05, 0) is 50.3 Å². The topological polar surface area (TPSA) is 109 Å². The summed E-state index contributed by atoms with van der Waals surface area (Å²) >= 11 is 0. The molecule has 0 bridgehead atoms. The molecule has 188 valence electrons. The van der Waals surface area contributed by atoms with Crippen LogP contribution in [0.5, 0.6) is 0 Å². The van der Waals surface area contributed by atoms with E-state index in [1.807, 2.05) is 59.6 Å². The molecule has 5 rings (SSSR count). The molecule has 3 heterocycles. The normalized spacial score (nSPS) is 14.1. The minimum absolute atomic E-state index is 0.00330. The average molecular weight is 496 g/mol. The van der Waals surface area contributed by atoms with Gasteiger partial charge in [0.05, 0.1) is 28.1 Å². The number of carboxylic acids is 1. The highest BCUT2D eigenvalue weighted by atomic mass is 16.4. The monoisotopic (exact) mass is 495 g/mol. The number of piperidine rings is 1. The van der Waals surface area contributed by atoms with Crippen LogP contribution in [0.4, 0.5) is 0 Å². The Labute approximate surface area is 215 Å². The van der Waals surface area contributed by atoms with Crippen LogP contribution in [0, 0.1) is 0 Å². The smallest absolute Gasteiger partial charge is 0.303 e. The summed E-state index contributed by atoms with van der Waals surface area (Å²) in [4.78, 5) is 44.6. The molecular formula is C29H29N5O3. The number of hydrogen-bond donors (Lipinski definition) is 1. The lowest BCUT2D eigenvalue weighted by molar-refractivity contribution is -0.137. The number of benzene rings is 2. The van der Waals surface area contributed by atoms with Crippen LogP contribution in [-0.4, -0.2) is 54.9 Å². The number of fused-ring (bicyclic) bond motifs is 1. The Morgan fingerprint density at radius 1 is 0.946 bits per heavy atom. The zero-order valence-electron chi connectivity index (χ0n) is 20.6. The van der Waals surface area contributed by atoms with E-state index in [9.17, 15) is 9.59 Å². The van der Waals surface area contributed by atoms with Gasteiger partial charge < -0.3 is 10.0 Å². The Morgan fingerprint density at radius 2 is 1.76 bits per heavy atom. The molecule has 37 heavy (non-hydrogen) atoms. The van der Waals surface area contributed by atoms with Gasteiger partial charge in [0.2, 0.25) is 0 Å². The molecule has 0 spiro atoms. The number of unbranched alkanes of at least 4 members (excludes halogenated alkanes) is 1. The number of aliphatic carboxylic acids is 1. The van der Waals surface area contributed by atoms with Gasteiger partial charge >= 0.3 is 5.97 Å². The Kier molecular flexibility index (Phi) is 7.44. The minimum Gasteiger partial charge on any atom is -0.481 e. The quantitative estimate of drug-likeness (QED) is 0.346. The van der Waals surface area contributed by atoms with Crippen molar-refractivity contribution in [1.29, 1.82) is 0 Å². The van der Waals surface area contributed by atoms with E-state index in [1.165, 1.54) is 0 Å². The van der Waals surface area contributed by atoms with Crippen LogP contribution in [0.1, 0.15) is 59.8 Å². The summed E-state index contributed by atoms with van der Waals surface area (Å²) in [6, 6.07) is 15.4. The highest BCUT2D eigenvalue weighted by Gasteiger charge is 2.26. The molecule has 4 aromatic rings. The predicted molar refractivity (Wildman–Crippen MR) is 140 cm³/mol. The SMILES string of the molecule is O=C(O)CCCCc1nc2cc(C(=O)N3CCC(c4cnccn4)CC3)ccc2nc1-c1ccccc1. The number of rotatable bonds is 8. The Bertz CT molecular complexity index is 1390. The summed E-state index contributed by atoms with van der Waals surface area (Å²) in [7, 11) is 0. The molecule has 1 amide bonds. The van der Waals surface area contributed by atoms with Gasteiger partial charge in [0.1, 0.15) is 0 Å². The molecule has 0 aliphatic carbocycles. The third-order valence-corrected chi connectivity index (χ3v) is 6.87. The summed E-state index contributed by atoms with van der Waals surface area (Å²) in [5.41, 5.74) is 5.58. The van der Waals surface area contributed by atoms with Gasteiger partial charge in [0, 0.05) is 55.1 Å². The maximum Gasteiger partial charge on any atom is 0.303 e. The maximum atomic E-state index is 13.3. The second kappa shape index (κ2) is 11.2. The first-order valence-corrected chi connectivity index (χ1v) is 12.7. The molecule has 1 saturated heterocycles. The third-order valence-electron chi connectivity index (χ3n) is 6.87. The summed E-state index contributed by atoms with van der Waals surface area (Å²) in [5.74, 6) is -0.478. The van der Waals surface area contributed by atoms with Crippen molar-refractivity contribution >= 4 is 22.9 Å². The van der Waals surface area contributed by atoms with Crippen molar-refractivity contribution in [2.45, 2.75) is 44.4 Å². The van der Waals surface area contributed by atoms with E-state index in [2.05, 4.69) is 9.97 Å². The number of amides is 1. The van der Waals surface area contributed by atoms with Crippen molar-refractivity contribution in [3.63, 3.8) is 0 Å². The van der Waals surface area contributed by atoms with Crippen LogP contribution in [0.25, 0.3) is 22.3 Å². The van der Waals surface area contributed by atoms with E-state index in [0.29, 0.717) is 49.4 Å². The number of carbonyl (C=O) groups excluding carboxylic acids is 1. The van der Waals surface area contributed by atoms with Gasteiger partial charge in [-0.3, -0.25) is 19.6 Å². The van der Waals surface area contributed by atoms with Gasteiger partial charge in [0.25, 0.3) is 5.91 Å². The zero-order chi connectivity index (χ0) is 25.6. The largest absolute Gasteiger partial charge is 0.481 e. The summed E-state index contributed by atoms with van der Waals surface area (Å²) < 4.78 is 0. The second-order valence-electron chi connectivity index (χ2n) is 9.39. The van der Waals surface area contributed by atoms with E-state index in [4.69, 9.17) is 15.1 Å². The zero-order valence-corrected chi connectivity index (χ0v) is 20.6. The van der Waals surface area contributed by atoms with Gasteiger partial charge in [-0.25, -0.2) is 9.97 Å². The van der Waals surface area contributed by atoms with Crippen molar-refractivity contribution in [3.8, 4) is 11.3 Å². The number of hydrogen-bond acceptors (Lipinski definition) is 6. The third kappa shape index (κ3) is 5.80. The molecule has 2 aromatic carbocycles. The van der Waals surface area contributed by atoms with Crippen molar-refractivity contribution in [2.75, 3.05) is 13.1 Å². The van der Waals surface area contributed by atoms with Crippen LogP contribution in [-0.2, 0) is 11.2 Å². The average Bonchev–Trinajstić information content (AvgIpc) is 2.95. The van der Waals surface area contributed by atoms with E-state index in [-0.39, 0.29) is 12.3 Å². The summed E-state index contributed by atoms with van der Waals surface area (Å²) in [6.07, 6.45) is 8.95. The molecule has 8 heteroatoms. The standard InChI is InChI=1S/C29H29N5O3/c35-27(36)9-5-4-8-24-28(21-6-2-1-3-7-21)33-23-11-10-22(18-25(23)32-24)29(37)34-16-12-20(13-17-34)26-19-30-14-15-31-26/h1-3,6-7,10-11,14-15,18-20H,4-5,8-9,12-13,16-17H2,(H,35,36). The molecule has 2 aromatic heterocycles. The van der Waals surface area contributed by atoms with Gasteiger partial charge in [-0.1, -0.05) is 30.3 Å². The molecular weight excluding hydrogens is 466 g/mol. The van der Waals surface area contributed by atoms with E-state index >= 15 is 0 Å². The van der Waals surface area contributed by atoms with Gasteiger partial charge in [-0.15, -0.1) is 0 Å². The number of carboxylic acid groups (broad SMARTS) is 1. The minimum atomic E-state index is -0.795. The number of aryl methyl sites for hydroxylation is 1. The summed E-state index contributed by atoms with van der Waals surface area (Å²) in [5, 5.41) is 8.98. The fraction of sp³-hybridized carbons (Fsp3) is 0.310. The maximum absolute atomic E-state index is 13.3. The van der Waals surface area contributed by atoms with Crippen LogP contribution in [0.3, 0.4) is 0 Å². The highest BCUT2D eigenvalue weighted by molar-refractivity contribution is 5.97. The molecule has 0 saturated carbocycles. The molecule has 1 aliphatic heterocycles. The van der Waals surface area contributed by atoms with E-state index in [1.54, 1.807) is 12.4 Å². The van der Waals surface area contributed by atoms with Crippen LogP contribution in [0.2, 0.25) is 0 Å². The molecule has 8 nitrogen and oxygen atoms in total. The molecule has 1 aliphatic rings. The fourth-order valence-corrected chi connectivity index (χ4v) is 4.88. The lowest BCUT2D eigenvalue weighted by Crippen LogP contribution is -2.38. The van der Waals surface area contributed by atoms with Crippen molar-refractivity contribution < 1.29 is 14.7 Å². The van der Waals surface area contributed by atoms with Crippen molar-refractivity contribution in [2.24, 2.45) is 0 Å². The lowest BCUT2D eigenvalue weighted by atomic mass is 9.93. The first-order valence-electron chi connectivity index (χ1n) is 12.7. The van der Waals surface area contributed by atoms with Gasteiger partial charge in [0.15, 0.2) is 0 Å². The molecule has 0 radical (unpaired) electrons. The first-order chi connectivity index (χ1) is 18.1. The molecule has 0 unspecified atom stereocenters. The van der Waals surface area contributed by atoms with Gasteiger partial charge in [-0.2, -0.15) is 0 Å². The predicted octanol–water partition coefficient (Wildman–Crippen LogP) is 4.90. The molecule has 1 fully saturated rings. The number of nitrogens with zero attached hydrogens (tertiary/aromatic N) is 5.